The quantitative estimate of drug-likeness (QED) is 0.701. The first-order chi connectivity index (χ1) is 10.7. The first-order valence-electron chi connectivity index (χ1n) is 8.37. The zero-order chi connectivity index (χ0) is 17.4. The van der Waals surface area contributed by atoms with Gasteiger partial charge in [-0.3, -0.25) is 4.79 Å². The lowest BCUT2D eigenvalue weighted by molar-refractivity contribution is -0.116. The number of ketones is 1. The number of ether oxygens (including phenoxy) is 1. The van der Waals surface area contributed by atoms with E-state index in [1.54, 1.807) is 6.92 Å². The van der Waals surface area contributed by atoms with Gasteiger partial charge in [-0.15, -0.1) is 0 Å². The highest BCUT2D eigenvalue weighted by Gasteiger charge is 2.34. The number of hydrogen-bond donors (Lipinski definition) is 0. The molecule has 0 amide bonds. The molecule has 1 aromatic rings. The number of benzene rings is 1. The summed E-state index contributed by atoms with van der Waals surface area (Å²) in [6.45, 7) is 12.9. The number of fused-ring (bicyclic) bond motifs is 1. The molecule has 0 aromatic heterocycles. The SMILES string of the molecule is CCOc1c(CC(C)=O)cc2c(c1Cl)C(C)(C)CC=C2C(C)C. The topological polar surface area (TPSA) is 26.3 Å². The van der Waals surface area contributed by atoms with Crippen LogP contribution in [0.15, 0.2) is 12.1 Å². The molecule has 2 nitrogen and oxygen atoms in total. The molecule has 0 heterocycles. The van der Waals surface area contributed by atoms with Gasteiger partial charge in [0.1, 0.15) is 11.5 Å². The first-order valence-corrected chi connectivity index (χ1v) is 8.75. The van der Waals surface area contributed by atoms with Gasteiger partial charge in [0.15, 0.2) is 0 Å². The summed E-state index contributed by atoms with van der Waals surface area (Å²) in [4.78, 5) is 11.7. The van der Waals surface area contributed by atoms with Gasteiger partial charge >= 0.3 is 0 Å². The van der Waals surface area contributed by atoms with E-state index in [4.69, 9.17) is 16.3 Å². The Kier molecular flexibility index (Phi) is 5.25. The van der Waals surface area contributed by atoms with Gasteiger partial charge < -0.3 is 4.74 Å². The molecule has 1 aromatic carbocycles. The molecule has 1 aliphatic carbocycles. The van der Waals surface area contributed by atoms with Crippen molar-refractivity contribution in [2.24, 2.45) is 5.92 Å². The molecule has 23 heavy (non-hydrogen) atoms. The van der Waals surface area contributed by atoms with Crippen LogP contribution in [-0.2, 0) is 16.6 Å². The zero-order valence-electron chi connectivity index (χ0n) is 15.0. The van der Waals surface area contributed by atoms with Crippen LogP contribution in [0, 0.1) is 5.92 Å². The predicted octanol–water partition coefficient (Wildman–Crippen LogP) is 5.59. The monoisotopic (exact) mass is 334 g/mol. The Labute approximate surface area is 144 Å². The number of carbonyl (C=O) groups excluding carboxylic acids is 1. The Morgan fingerprint density at radius 2 is 2.04 bits per heavy atom. The van der Waals surface area contributed by atoms with E-state index in [1.165, 1.54) is 11.1 Å². The van der Waals surface area contributed by atoms with Crippen LogP contribution >= 0.6 is 11.6 Å². The fraction of sp³-hybridized carbons (Fsp3) is 0.550. The number of Topliss-reactive ketones (excluding diaryl/α,β-unsaturated/α-hetero) is 1. The molecule has 0 spiro atoms. The molecular formula is C20H27ClO2. The van der Waals surface area contributed by atoms with Crippen LogP contribution in [0.1, 0.15) is 64.7 Å². The van der Waals surface area contributed by atoms with Gasteiger partial charge in [-0.2, -0.15) is 0 Å². The van der Waals surface area contributed by atoms with Gasteiger partial charge in [-0.05, 0) is 54.4 Å². The summed E-state index contributed by atoms with van der Waals surface area (Å²) < 4.78 is 5.82. The number of hydrogen-bond acceptors (Lipinski definition) is 2. The van der Waals surface area contributed by atoms with E-state index in [1.807, 2.05) is 6.92 Å². The van der Waals surface area contributed by atoms with Gasteiger partial charge in [0, 0.05) is 12.0 Å². The molecule has 1 aliphatic rings. The van der Waals surface area contributed by atoms with E-state index in [-0.39, 0.29) is 11.2 Å². The number of carbonyl (C=O) groups is 1. The van der Waals surface area contributed by atoms with Crippen LogP contribution in [0.5, 0.6) is 5.75 Å². The largest absolute Gasteiger partial charge is 0.492 e. The molecule has 0 bridgehead atoms. The standard InChI is InChI=1S/C20H27ClO2/c1-7-23-19-14(10-13(4)22)11-16-15(12(2)3)8-9-20(5,6)17(16)18(19)21/h8,11-12H,7,9-10H2,1-6H3. The Bertz CT molecular complexity index is 654. The lowest BCUT2D eigenvalue weighted by atomic mass is 9.70. The maximum absolute atomic E-state index is 11.7. The lowest BCUT2D eigenvalue weighted by Crippen LogP contribution is -2.24. The van der Waals surface area contributed by atoms with Crippen LogP contribution in [0.2, 0.25) is 5.02 Å². The Morgan fingerprint density at radius 1 is 1.39 bits per heavy atom. The van der Waals surface area contributed by atoms with E-state index < -0.39 is 0 Å². The van der Waals surface area contributed by atoms with Crippen LogP contribution in [0.3, 0.4) is 0 Å². The van der Waals surface area contributed by atoms with Crippen molar-refractivity contribution in [3.05, 3.63) is 33.9 Å². The Balaban J connectivity index is 2.76. The molecule has 0 aliphatic heterocycles. The summed E-state index contributed by atoms with van der Waals surface area (Å²) >= 11 is 6.79. The van der Waals surface area contributed by atoms with Crippen molar-refractivity contribution in [1.82, 2.24) is 0 Å². The van der Waals surface area contributed by atoms with E-state index in [0.717, 1.165) is 17.5 Å². The van der Waals surface area contributed by atoms with E-state index in [9.17, 15) is 4.79 Å². The van der Waals surface area contributed by atoms with Crippen molar-refractivity contribution in [2.75, 3.05) is 6.61 Å². The van der Waals surface area contributed by atoms with Crippen molar-refractivity contribution >= 4 is 23.0 Å². The summed E-state index contributed by atoms with van der Waals surface area (Å²) in [7, 11) is 0. The molecule has 126 valence electrons. The molecule has 2 rings (SSSR count). The molecule has 0 radical (unpaired) electrons. The fourth-order valence-corrected chi connectivity index (χ4v) is 3.93. The van der Waals surface area contributed by atoms with Gasteiger partial charge in [-0.25, -0.2) is 0 Å². The van der Waals surface area contributed by atoms with Gasteiger partial charge in [0.05, 0.1) is 11.6 Å². The second-order valence-corrected chi connectivity index (χ2v) is 7.69. The number of halogens is 1. The minimum Gasteiger partial charge on any atom is -0.492 e. The summed E-state index contributed by atoms with van der Waals surface area (Å²) in [6, 6.07) is 2.13. The fourth-order valence-electron chi connectivity index (χ4n) is 3.40. The van der Waals surface area contributed by atoms with Crippen LogP contribution in [-0.4, -0.2) is 12.4 Å². The van der Waals surface area contributed by atoms with Gasteiger partial charge in [0.25, 0.3) is 0 Å². The maximum atomic E-state index is 11.7. The van der Waals surface area contributed by atoms with Gasteiger partial charge in [-0.1, -0.05) is 45.4 Å². The van der Waals surface area contributed by atoms with Crippen molar-refractivity contribution in [3.63, 3.8) is 0 Å². The Morgan fingerprint density at radius 3 is 2.57 bits per heavy atom. The number of rotatable bonds is 5. The molecule has 0 saturated heterocycles. The van der Waals surface area contributed by atoms with E-state index in [0.29, 0.717) is 29.7 Å². The first kappa shape index (κ1) is 18.1. The highest BCUT2D eigenvalue weighted by Crippen LogP contribution is 2.49. The summed E-state index contributed by atoms with van der Waals surface area (Å²) in [6.07, 6.45) is 3.64. The summed E-state index contributed by atoms with van der Waals surface area (Å²) in [5.74, 6) is 1.22. The Hall–Kier alpha value is -1.28. The zero-order valence-corrected chi connectivity index (χ0v) is 15.8. The second-order valence-electron chi connectivity index (χ2n) is 7.32. The lowest BCUT2D eigenvalue weighted by Gasteiger charge is -2.35. The van der Waals surface area contributed by atoms with E-state index in [2.05, 4.69) is 39.8 Å². The van der Waals surface area contributed by atoms with Crippen molar-refractivity contribution < 1.29 is 9.53 Å². The minimum absolute atomic E-state index is 0.0363. The average Bonchev–Trinajstić information content (AvgIpc) is 2.41. The third kappa shape index (κ3) is 3.47. The number of allylic oxidation sites excluding steroid dienone is 2. The highest BCUT2D eigenvalue weighted by molar-refractivity contribution is 6.33. The van der Waals surface area contributed by atoms with Crippen LogP contribution in [0.25, 0.3) is 5.57 Å². The molecule has 3 heteroatoms. The average molecular weight is 335 g/mol. The smallest absolute Gasteiger partial charge is 0.141 e. The normalized spacial score (nSPS) is 16.1. The third-order valence-corrected chi connectivity index (χ3v) is 4.83. The second kappa shape index (κ2) is 6.68. The summed E-state index contributed by atoms with van der Waals surface area (Å²) in [5, 5.41) is 0.678. The van der Waals surface area contributed by atoms with Gasteiger partial charge in [0.2, 0.25) is 0 Å². The van der Waals surface area contributed by atoms with E-state index >= 15 is 0 Å². The van der Waals surface area contributed by atoms with Crippen molar-refractivity contribution in [1.29, 1.82) is 0 Å². The predicted molar refractivity (Wildman–Crippen MR) is 97.5 cm³/mol. The molecule has 0 fully saturated rings. The van der Waals surface area contributed by atoms with Crippen LogP contribution in [0.4, 0.5) is 0 Å². The van der Waals surface area contributed by atoms with Crippen molar-refractivity contribution in [2.45, 2.75) is 59.8 Å². The maximum Gasteiger partial charge on any atom is 0.141 e. The summed E-state index contributed by atoms with van der Waals surface area (Å²) in [5.41, 5.74) is 4.51. The van der Waals surface area contributed by atoms with Crippen molar-refractivity contribution in [3.8, 4) is 5.75 Å². The molecular weight excluding hydrogens is 308 g/mol. The molecule has 0 N–H and O–H groups in total. The third-order valence-electron chi connectivity index (χ3n) is 4.47. The molecule has 0 saturated carbocycles. The van der Waals surface area contributed by atoms with Crippen LogP contribution < -0.4 is 4.74 Å². The molecule has 0 atom stereocenters. The minimum atomic E-state index is -0.0363. The highest BCUT2D eigenvalue weighted by atomic mass is 35.5. The molecule has 0 unspecified atom stereocenters.